The molecule has 6 nitrogen and oxygen atoms in total. The van der Waals surface area contributed by atoms with E-state index in [1.807, 2.05) is 0 Å². The normalized spacial score (nSPS) is 10.6. The molecule has 0 aliphatic rings. The summed E-state index contributed by atoms with van der Waals surface area (Å²) in [6.45, 7) is 0. The first kappa shape index (κ1) is 20.1. The van der Waals surface area contributed by atoms with E-state index in [2.05, 4.69) is 10.5 Å². The molecule has 0 aliphatic carbocycles. The van der Waals surface area contributed by atoms with Crippen LogP contribution in [0.5, 0.6) is 11.5 Å². The highest BCUT2D eigenvalue weighted by Crippen LogP contribution is 2.16. The van der Waals surface area contributed by atoms with Gasteiger partial charge in [-0.15, -0.1) is 0 Å². The third-order valence-corrected chi connectivity index (χ3v) is 4.13. The van der Waals surface area contributed by atoms with Crippen molar-refractivity contribution in [2.24, 2.45) is 5.10 Å². The van der Waals surface area contributed by atoms with E-state index in [4.69, 9.17) is 21.1 Å². The predicted octanol–water partition coefficient (Wildman–Crippen LogP) is 4.33. The van der Waals surface area contributed by atoms with Crippen LogP contribution in [0.3, 0.4) is 0 Å². The zero-order valence-corrected chi connectivity index (χ0v) is 16.2. The summed E-state index contributed by atoms with van der Waals surface area (Å²) >= 11 is 5.82. The van der Waals surface area contributed by atoms with E-state index in [9.17, 15) is 9.59 Å². The predicted molar refractivity (Wildman–Crippen MR) is 111 cm³/mol. The molecule has 0 heterocycles. The number of carbonyl (C=O) groups is 2. The third-order valence-electron chi connectivity index (χ3n) is 3.88. The summed E-state index contributed by atoms with van der Waals surface area (Å²) < 4.78 is 10.4. The van der Waals surface area contributed by atoms with Gasteiger partial charge in [0.25, 0.3) is 5.91 Å². The zero-order chi connectivity index (χ0) is 20.6. The minimum Gasteiger partial charge on any atom is -0.497 e. The van der Waals surface area contributed by atoms with Gasteiger partial charge < -0.3 is 9.47 Å². The fourth-order valence-corrected chi connectivity index (χ4v) is 2.51. The van der Waals surface area contributed by atoms with Gasteiger partial charge >= 0.3 is 5.97 Å². The Kier molecular flexibility index (Phi) is 6.60. The van der Waals surface area contributed by atoms with Gasteiger partial charge in [0.1, 0.15) is 11.5 Å². The number of carbonyl (C=O) groups excluding carboxylic acids is 2. The molecule has 0 saturated heterocycles. The Morgan fingerprint density at radius 2 is 1.62 bits per heavy atom. The molecule has 0 unspecified atom stereocenters. The van der Waals surface area contributed by atoms with Crippen molar-refractivity contribution < 1.29 is 19.1 Å². The number of rotatable bonds is 6. The number of esters is 1. The number of nitrogens with one attached hydrogen (secondary N) is 1. The van der Waals surface area contributed by atoms with Crippen LogP contribution in [0, 0.1) is 0 Å². The van der Waals surface area contributed by atoms with Crippen molar-refractivity contribution in [3.63, 3.8) is 0 Å². The standard InChI is InChI=1S/C22H17ClN2O4/c1-28-19-11-7-16(8-12-19)21(26)25-24-14-15-3-2-4-20(13-15)29-22(27)17-5-9-18(23)10-6-17/h2-14H,1H3,(H,25,26)/b24-14+. The summed E-state index contributed by atoms with van der Waals surface area (Å²) in [5.74, 6) is 0.170. The van der Waals surface area contributed by atoms with E-state index in [-0.39, 0.29) is 5.91 Å². The fraction of sp³-hybridized carbons (Fsp3) is 0.0455. The first-order valence-electron chi connectivity index (χ1n) is 8.60. The van der Waals surface area contributed by atoms with Crippen LogP contribution in [0.25, 0.3) is 0 Å². The number of hydrazone groups is 1. The molecule has 0 aliphatic heterocycles. The van der Waals surface area contributed by atoms with Gasteiger partial charge in [-0.1, -0.05) is 23.7 Å². The number of hydrogen-bond acceptors (Lipinski definition) is 5. The van der Waals surface area contributed by atoms with Crippen molar-refractivity contribution in [2.45, 2.75) is 0 Å². The summed E-state index contributed by atoms with van der Waals surface area (Å²) in [7, 11) is 1.56. The van der Waals surface area contributed by atoms with Crippen molar-refractivity contribution in [3.05, 3.63) is 94.5 Å². The Balaban J connectivity index is 1.60. The molecule has 0 fully saturated rings. The highest BCUT2D eigenvalue weighted by molar-refractivity contribution is 6.30. The molecule has 1 N–H and O–H groups in total. The Labute approximate surface area is 172 Å². The average molecular weight is 409 g/mol. The number of ether oxygens (including phenoxy) is 2. The topological polar surface area (TPSA) is 77.0 Å². The van der Waals surface area contributed by atoms with Gasteiger partial charge in [0.2, 0.25) is 0 Å². The van der Waals surface area contributed by atoms with E-state index in [0.29, 0.717) is 33.2 Å². The maximum Gasteiger partial charge on any atom is 0.343 e. The van der Waals surface area contributed by atoms with Gasteiger partial charge in [0, 0.05) is 10.6 Å². The Bertz CT molecular complexity index is 1030. The van der Waals surface area contributed by atoms with Crippen molar-refractivity contribution in [1.29, 1.82) is 0 Å². The van der Waals surface area contributed by atoms with Crippen LogP contribution in [0.15, 0.2) is 77.9 Å². The lowest BCUT2D eigenvalue weighted by molar-refractivity contribution is 0.0734. The minimum absolute atomic E-state index is 0.353. The molecule has 7 heteroatoms. The number of methoxy groups -OCH3 is 1. The second-order valence-electron chi connectivity index (χ2n) is 5.90. The number of nitrogens with zero attached hydrogens (tertiary/aromatic N) is 1. The smallest absolute Gasteiger partial charge is 0.343 e. The number of amides is 1. The van der Waals surface area contributed by atoms with Gasteiger partial charge in [0.15, 0.2) is 0 Å². The molecule has 0 aromatic heterocycles. The molecule has 0 spiro atoms. The van der Waals surface area contributed by atoms with Crippen LogP contribution in [0.1, 0.15) is 26.3 Å². The van der Waals surface area contributed by atoms with Crippen molar-refractivity contribution >= 4 is 29.7 Å². The number of halogens is 1. The SMILES string of the molecule is COc1ccc(C(=O)N/N=C/c2cccc(OC(=O)c3ccc(Cl)cc3)c2)cc1. The maximum absolute atomic E-state index is 12.2. The Morgan fingerprint density at radius 1 is 0.931 bits per heavy atom. The van der Waals surface area contributed by atoms with Crippen LogP contribution in [-0.4, -0.2) is 25.2 Å². The summed E-state index contributed by atoms with van der Waals surface area (Å²) in [6, 6.07) is 19.8. The Morgan fingerprint density at radius 3 is 2.31 bits per heavy atom. The monoisotopic (exact) mass is 408 g/mol. The highest BCUT2D eigenvalue weighted by Gasteiger charge is 2.09. The summed E-state index contributed by atoms with van der Waals surface area (Å²) in [5, 5.41) is 4.48. The highest BCUT2D eigenvalue weighted by atomic mass is 35.5. The van der Waals surface area contributed by atoms with Gasteiger partial charge in [0.05, 0.1) is 18.9 Å². The van der Waals surface area contributed by atoms with Crippen molar-refractivity contribution in [2.75, 3.05) is 7.11 Å². The summed E-state index contributed by atoms with van der Waals surface area (Å²) in [6.07, 6.45) is 1.46. The van der Waals surface area contributed by atoms with E-state index >= 15 is 0 Å². The molecule has 0 bridgehead atoms. The van der Waals surface area contributed by atoms with Gasteiger partial charge in [-0.3, -0.25) is 4.79 Å². The lowest BCUT2D eigenvalue weighted by Gasteiger charge is -2.05. The largest absolute Gasteiger partial charge is 0.497 e. The molecule has 0 saturated carbocycles. The van der Waals surface area contributed by atoms with E-state index in [1.54, 1.807) is 79.9 Å². The fourth-order valence-electron chi connectivity index (χ4n) is 2.38. The first-order valence-corrected chi connectivity index (χ1v) is 8.98. The summed E-state index contributed by atoms with van der Waals surface area (Å²) in [4.78, 5) is 24.3. The number of hydrogen-bond donors (Lipinski definition) is 1. The second kappa shape index (κ2) is 9.52. The first-order chi connectivity index (χ1) is 14.0. The second-order valence-corrected chi connectivity index (χ2v) is 6.33. The van der Waals surface area contributed by atoms with Crippen molar-refractivity contribution in [1.82, 2.24) is 5.43 Å². The van der Waals surface area contributed by atoms with Crippen LogP contribution < -0.4 is 14.9 Å². The molecule has 29 heavy (non-hydrogen) atoms. The van der Waals surface area contributed by atoms with Gasteiger partial charge in [-0.05, 0) is 66.2 Å². The van der Waals surface area contributed by atoms with Crippen molar-refractivity contribution in [3.8, 4) is 11.5 Å². The molecular formula is C22H17ClN2O4. The molecule has 1 amide bonds. The Hall–Kier alpha value is -3.64. The lowest BCUT2D eigenvalue weighted by Crippen LogP contribution is -2.17. The summed E-state index contributed by atoms with van der Waals surface area (Å²) in [5.41, 5.74) is 3.94. The maximum atomic E-state index is 12.2. The zero-order valence-electron chi connectivity index (χ0n) is 15.5. The van der Waals surface area contributed by atoms with Crippen LogP contribution >= 0.6 is 11.6 Å². The van der Waals surface area contributed by atoms with Gasteiger partial charge in [-0.2, -0.15) is 5.10 Å². The lowest BCUT2D eigenvalue weighted by atomic mass is 10.2. The molecule has 3 rings (SSSR count). The van der Waals surface area contributed by atoms with Crippen LogP contribution in [0.4, 0.5) is 0 Å². The quantitative estimate of drug-likeness (QED) is 0.285. The molecule has 0 radical (unpaired) electrons. The van der Waals surface area contributed by atoms with E-state index in [1.165, 1.54) is 6.21 Å². The molecular weight excluding hydrogens is 392 g/mol. The van der Waals surface area contributed by atoms with E-state index < -0.39 is 5.97 Å². The minimum atomic E-state index is -0.497. The average Bonchev–Trinajstić information content (AvgIpc) is 2.74. The van der Waals surface area contributed by atoms with E-state index in [0.717, 1.165) is 0 Å². The van der Waals surface area contributed by atoms with Crippen LogP contribution in [-0.2, 0) is 0 Å². The molecule has 146 valence electrons. The third kappa shape index (κ3) is 5.67. The molecule has 3 aromatic rings. The molecule has 0 atom stereocenters. The van der Waals surface area contributed by atoms with Crippen LogP contribution in [0.2, 0.25) is 5.02 Å². The number of benzene rings is 3. The van der Waals surface area contributed by atoms with Gasteiger partial charge in [-0.25, -0.2) is 10.2 Å². The molecule has 3 aromatic carbocycles.